The zero-order valence-corrected chi connectivity index (χ0v) is 11.8. The van der Waals surface area contributed by atoms with Gasteiger partial charge in [0.05, 0.1) is 0 Å². The van der Waals surface area contributed by atoms with Crippen molar-refractivity contribution in [1.29, 1.82) is 0 Å². The van der Waals surface area contributed by atoms with Gasteiger partial charge in [-0.2, -0.15) is 0 Å². The monoisotopic (exact) mass is 272 g/mol. The van der Waals surface area contributed by atoms with Gasteiger partial charge in [-0.05, 0) is 48.9 Å². The molecule has 0 fully saturated rings. The normalized spacial score (nSPS) is 10.2. The van der Waals surface area contributed by atoms with Crippen LogP contribution in [0, 0.1) is 12.7 Å². The van der Waals surface area contributed by atoms with Gasteiger partial charge in [0.25, 0.3) is 5.91 Å². The second-order valence-corrected chi connectivity index (χ2v) is 4.62. The van der Waals surface area contributed by atoms with Crippen LogP contribution in [-0.4, -0.2) is 20.0 Å². The van der Waals surface area contributed by atoms with Crippen molar-refractivity contribution < 1.29 is 9.18 Å². The summed E-state index contributed by atoms with van der Waals surface area (Å²) in [4.78, 5) is 13.9. The predicted molar refractivity (Wildman–Crippen MR) is 79.9 cm³/mol. The van der Waals surface area contributed by atoms with Crippen molar-refractivity contribution in [1.82, 2.24) is 0 Å². The molecule has 20 heavy (non-hydrogen) atoms. The average molecular weight is 272 g/mol. The summed E-state index contributed by atoms with van der Waals surface area (Å²) in [5.41, 5.74) is 2.97. The molecule has 0 heterocycles. The SMILES string of the molecule is CNc1ccc(C(=O)N(C)c2cccc(F)c2)c(C)c1. The van der Waals surface area contributed by atoms with Crippen LogP contribution >= 0.6 is 0 Å². The van der Waals surface area contributed by atoms with Crippen molar-refractivity contribution in [2.75, 3.05) is 24.3 Å². The van der Waals surface area contributed by atoms with Gasteiger partial charge < -0.3 is 10.2 Å². The summed E-state index contributed by atoms with van der Waals surface area (Å²) < 4.78 is 13.2. The molecule has 2 rings (SSSR count). The van der Waals surface area contributed by atoms with E-state index in [2.05, 4.69) is 5.32 Å². The molecule has 2 aromatic carbocycles. The Labute approximate surface area is 118 Å². The summed E-state index contributed by atoms with van der Waals surface area (Å²) in [6.07, 6.45) is 0. The summed E-state index contributed by atoms with van der Waals surface area (Å²) in [6, 6.07) is 11.5. The van der Waals surface area contributed by atoms with Crippen LogP contribution in [-0.2, 0) is 0 Å². The fourth-order valence-corrected chi connectivity index (χ4v) is 2.04. The molecular weight excluding hydrogens is 255 g/mol. The molecule has 0 aliphatic carbocycles. The van der Waals surface area contributed by atoms with Crippen molar-refractivity contribution in [3.8, 4) is 0 Å². The molecule has 0 aromatic heterocycles. The van der Waals surface area contributed by atoms with Gasteiger partial charge >= 0.3 is 0 Å². The van der Waals surface area contributed by atoms with Crippen LogP contribution in [0.3, 0.4) is 0 Å². The number of aryl methyl sites for hydroxylation is 1. The standard InChI is InChI=1S/C16H17FN2O/c1-11-9-13(18-2)7-8-15(11)16(20)19(3)14-6-4-5-12(17)10-14/h4-10,18H,1-3H3. The lowest BCUT2D eigenvalue weighted by molar-refractivity contribution is 0.0992. The summed E-state index contributed by atoms with van der Waals surface area (Å²) in [6.45, 7) is 1.88. The lowest BCUT2D eigenvalue weighted by Crippen LogP contribution is -2.27. The van der Waals surface area contributed by atoms with Gasteiger partial charge in [-0.25, -0.2) is 4.39 Å². The zero-order chi connectivity index (χ0) is 14.7. The number of hydrogen-bond acceptors (Lipinski definition) is 2. The van der Waals surface area contributed by atoms with Gasteiger partial charge in [-0.15, -0.1) is 0 Å². The highest BCUT2D eigenvalue weighted by atomic mass is 19.1. The lowest BCUT2D eigenvalue weighted by atomic mass is 10.1. The largest absolute Gasteiger partial charge is 0.388 e. The molecule has 0 bridgehead atoms. The molecule has 0 unspecified atom stereocenters. The first-order valence-electron chi connectivity index (χ1n) is 6.35. The third-order valence-corrected chi connectivity index (χ3v) is 3.25. The number of anilines is 2. The summed E-state index contributed by atoms with van der Waals surface area (Å²) in [5, 5.41) is 3.03. The van der Waals surface area contributed by atoms with E-state index < -0.39 is 0 Å². The first kappa shape index (κ1) is 14.1. The number of halogens is 1. The van der Waals surface area contributed by atoms with Crippen LogP contribution in [0.5, 0.6) is 0 Å². The van der Waals surface area contributed by atoms with E-state index in [0.29, 0.717) is 11.3 Å². The molecule has 0 atom stereocenters. The highest BCUT2D eigenvalue weighted by Crippen LogP contribution is 2.20. The van der Waals surface area contributed by atoms with Crippen LogP contribution in [0.4, 0.5) is 15.8 Å². The minimum atomic E-state index is -0.357. The molecule has 104 valence electrons. The van der Waals surface area contributed by atoms with E-state index in [4.69, 9.17) is 0 Å². The Morgan fingerprint density at radius 1 is 1.20 bits per heavy atom. The predicted octanol–water partition coefficient (Wildman–Crippen LogP) is 3.45. The molecule has 2 aromatic rings. The first-order chi connectivity index (χ1) is 9.52. The molecule has 0 saturated heterocycles. The topological polar surface area (TPSA) is 32.3 Å². The second-order valence-electron chi connectivity index (χ2n) is 4.62. The number of carbonyl (C=O) groups is 1. The number of amides is 1. The highest BCUT2D eigenvalue weighted by molar-refractivity contribution is 6.06. The molecule has 1 amide bonds. The van der Waals surface area contributed by atoms with Crippen molar-refractivity contribution in [3.05, 3.63) is 59.4 Å². The number of hydrogen-bond donors (Lipinski definition) is 1. The third kappa shape index (κ3) is 2.79. The number of nitrogens with zero attached hydrogens (tertiary/aromatic N) is 1. The summed E-state index contributed by atoms with van der Waals surface area (Å²) in [7, 11) is 3.47. The van der Waals surface area contributed by atoms with Crippen molar-refractivity contribution in [2.24, 2.45) is 0 Å². The van der Waals surface area contributed by atoms with Crippen molar-refractivity contribution >= 4 is 17.3 Å². The van der Waals surface area contributed by atoms with Crippen molar-refractivity contribution in [3.63, 3.8) is 0 Å². The van der Waals surface area contributed by atoms with E-state index in [1.165, 1.54) is 17.0 Å². The average Bonchev–Trinajstić information content (AvgIpc) is 2.45. The highest BCUT2D eigenvalue weighted by Gasteiger charge is 2.16. The summed E-state index contributed by atoms with van der Waals surface area (Å²) >= 11 is 0. The third-order valence-electron chi connectivity index (χ3n) is 3.25. The Balaban J connectivity index is 2.31. The number of rotatable bonds is 3. The van der Waals surface area contributed by atoms with Crippen molar-refractivity contribution in [2.45, 2.75) is 6.92 Å². The first-order valence-corrected chi connectivity index (χ1v) is 6.35. The fraction of sp³-hybridized carbons (Fsp3) is 0.188. The van der Waals surface area contributed by atoms with E-state index in [1.807, 2.05) is 26.1 Å². The molecular formula is C16H17FN2O. The fourth-order valence-electron chi connectivity index (χ4n) is 2.04. The molecule has 0 aliphatic heterocycles. The van der Waals surface area contributed by atoms with Gasteiger partial charge in [0.15, 0.2) is 0 Å². The van der Waals surface area contributed by atoms with Gasteiger partial charge in [-0.3, -0.25) is 4.79 Å². The molecule has 4 heteroatoms. The van der Waals surface area contributed by atoms with E-state index in [9.17, 15) is 9.18 Å². The van der Waals surface area contributed by atoms with E-state index in [0.717, 1.165) is 11.3 Å². The molecule has 0 saturated carbocycles. The van der Waals surface area contributed by atoms with E-state index >= 15 is 0 Å². The van der Waals surface area contributed by atoms with Crippen LogP contribution in [0.25, 0.3) is 0 Å². The van der Waals surface area contributed by atoms with Crippen LogP contribution in [0.2, 0.25) is 0 Å². The Morgan fingerprint density at radius 3 is 2.55 bits per heavy atom. The zero-order valence-electron chi connectivity index (χ0n) is 11.8. The maximum Gasteiger partial charge on any atom is 0.258 e. The number of carbonyl (C=O) groups excluding carboxylic acids is 1. The Bertz CT molecular complexity index is 640. The summed E-state index contributed by atoms with van der Waals surface area (Å²) in [5.74, 6) is -0.514. The van der Waals surface area contributed by atoms with E-state index in [1.54, 1.807) is 25.2 Å². The molecule has 0 spiro atoms. The van der Waals surface area contributed by atoms with Gasteiger partial charge in [0.2, 0.25) is 0 Å². The quantitative estimate of drug-likeness (QED) is 0.928. The molecule has 0 aliphatic rings. The molecule has 3 nitrogen and oxygen atoms in total. The van der Waals surface area contributed by atoms with Crippen LogP contribution in [0.15, 0.2) is 42.5 Å². The number of nitrogens with one attached hydrogen (secondary N) is 1. The maximum atomic E-state index is 13.2. The van der Waals surface area contributed by atoms with E-state index in [-0.39, 0.29) is 11.7 Å². The minimum Gasteiger partial charge on any atom is -0.388 e. The van der Waals surface area contributed by atoms with Gasteiger partial charge in [0, 0.05) is 31.0 Å². The molecule has 0 radical (unpaired) electrons. The smallest absolute Gasteiger partial charge is 0.258 e. The maximum absolute atomic E-state index is 13.2. The molecule has 1 N–H and O–H groups in total. The minimum absolute atomic E-state index is 0.157. The van der Waals surface area contributed by atoms with Crippen LogP contribution in [0.1, 0.15) is 15.9 Å². The second kappa shape index (κ2) is 5.74. The Hall–Kier alpha value is -2.36. The number of benzene rings is 2. The van der Waals surface area contributed by atoms with Crippen LogP contribution < -0.4 is 10.2 Å². The Morgan fingerprint density at radius 2 is 1.95 bits per heavy atom. The van der Waals surface area contributed by atoms with Gasteiger partial charge in [-0.1, -0.05) is 6.07 Å². The van der Waals surface area contributed by atoms with Gasteiger partial charge in [0.1, 0.15) is 5.82 Å². The Kier molecular flexibility index (Phi) is 4.03. The lowest BCUT2D eigenvalue weighted by Gasteiger charge is -2.19.